The predicted molar refractivity (Wildman–Crippen MR) is 79.4 cm³/mol. The Balaban J connectivity index is 1.58. The Bertz CT molecular complexity index is 552. The van der Waals surface area contributed by atoms with Crippen LogP contribution >= 0.6 is 0 Å². The van der Waals surface area contributed by atoms with Gasteiger partial charge in [0.15, 0.2) is 11.6 Å². The van der Waals surface area contributed by atoms with E-state index in [4.69, 9.17) is 0 Å². The Labute approximate surface area is 129 Å². The summed E-state index contributed by atoms with van der Waals surface area (Å²) < 4.78 is 26.7. The number of benzene rings is 1. The van der Waals surface area contributed by atoms with Crippen molar-refractivity contribution in [1.82, 2.24) is 15.1 Å². The summed E-state index contributed by atoms with van der Waals surface area (Å²) in [6, 6.07) is 4.25. The van der Waals surface area contributed by atoms with Gasteiger partial charge < -0.3 is 10.2 Å². The van der Waals surface area contributed by atoms with Gasteiger partial charge in [-0.15, -0.1) is 0 Å². The van der Waals surface area contributed by atoms with E-state index < -0.39 is 11.6 Å². The van der Waals surface area contributed by atoms with Crippen molar-refractivity contribution in [2.45, 2.75) is 31.8 Å². The molecule has 22 heavy (non-hydrogen) atoms. The summed E-state index contributed by atoms with van der Waals surface area (Å²) in [5.41, 5.74) is 0.172. The highest BCUT2D eigenvalue weighted by molar-refractivity contribution is 5.74. The summed E-state index contributed by atoms with van der Waals surface area (Å²) in [5.74, 6) is -1.77. The van der Waals surface area contributed by atoms with E-state index in [-0.39, 0.29) is 18.1 Å². The van der Waals surface area contributed by atoms with Gasteiger partial charge in [0.05, 0.1) is 0 Å². The van der Waals surface area contributed by atoms with Crippen molar-refractivity contribution < 1.29 is 13.6 Å². The fourth-order valence-corrected chi connectivity index (χ4v) is 3.36. The largest absolute Gasteiger partial charge is 0.334 e. The van der Waals surface area contributed by atoms with Gasteiger partial charge in [-0.3, -0.25) is 4.90 Å². The van der Waals surface area contributed by atoms with Gasteiger partial charge in [-0.25, -0.2) is 13.6 Å². The average molecular weight is 309 g/mol. The number of nitrogens with zero attached hydrogens (tertiary/aromatic N) is 2. The maximum Gasteiger partial charge on any atom is 0.317 e. The molecule has 3 rings (SSSR count). The molecule has 0 aromatic heterocycles. The van der Waals surface area contributed by atoms with E-state index in [1.165, 1.54) is 18.6 Å². The number of halogens is 2. The molecule has 2 heterocycles. The Hall–Kier alpha value is -1.69. The zero-order valence-electron chi connectivity index (χ0n) is 12.5. The smallest absolute Gasteiger partial charge is 0.317 e. The van der Waals surface area contributed by atoms with E-state index in [2.05, 4.69) is 10.2 Å². The maximum atomic E-state index is 13.6. The second-order valence-electron chi connectivity index (χ2n) is 6.00. The first-order chi connectivity index (χ1) is 10.6. The van der Waals surface area contributed by atoms with Crippen LogP contribution in [0, 0.1) is 11.6 Å². The Morgan fingerprint density at radius 1 is 1.23 bits per heavy atom. The van der Waals surface area contributed by atoms with Crippen LogP contribution < -0.4 is 5.32 Å². The normalized spacial score (nSPS) is 22.3. The van der Waals surface area contributed by atoms with Crippen molar-refractivity contribution in [1.29, 1.82) is 0 Å². The lowest BCUT2D eigenvalue weighted by atomic mass is 10.2. The summed E-state index contributed by atoms with van der Waals surface area (Å²) in [6.45, 7) is 3.59. The van der Waals surface area contributed by atoms with Gasteiger partial charge in [0.2, 0.25) is 0 Å². The molecule has 0 spiro atoms. The van der Waals surface area contributed by atoms with E-state index in [1.54, 1.807) is 4.90 Å². The minimum atomic E-state index is -0.888. The molecule has 2 amide bonds. The van der Waals surface area contributed by atoms with Gasteiger partial charge in [-0.2, -0.15) is 0 Å². The summed E-state index contributed by atoms with van der Waals surface area (Å²) in [7, 11) is 0. The van der Waals surface area contributed by atoms with Crippen LogP contribution in [0.5, 0.6) is 0 Å². The minimum absolute atomic E-state index is 0.00725. The van der Waals surface area contributed by atoms with Crippen LogP contribution in [-0.2, 0) is 6.54 Å². The van der Waals surface area contributed by atoms with E-state index in [0.29, 0.717) is 12.6 Å². The molecule has 0 radical (unpaired) electrons. The van der Waals surface area contributed by atoms with E-state index in [0.717, 1.165) is 38.5 Å². The molecule has 0 saturated carbocycles. The van der Waals surface area contributed by atoms with Crippen molar-refractivity contribution in [3.8, 4) is 0 Å². The number of carbonyl (C=O) groups excluding carboxylic acids is 1. The van der Waals surface area contributed by atoms with Crippen LogP contribution in [-0.4, -0.2) is 48.1 Å². The van der Waals surface area contributed by atoms with Crippen molar-refractivity contribution in [3.05, 3.63) is 35.4 Å². The SMILES string of the molecule is O=C(NCc1cccc(F)c1F)N1CCCN2CCCC2C1. The van der Waals surface area contributed by atoms with Crippen molar-refractivity contribution in [3.63, 3.8) is 0 Å². The molecule has 2 fully saturated rings. The number of urea groups is 1. The number of fused-ring (bicyclic) bond motifs is 1. The first-order valence-electron chi connectivity index (χ1n) is 7.85. The second kappa shape index (κ2) is 6.60. The van der Waals surface area contributed by atoms with Crippen LogP contribution in [0.4, 0.5) is 13.6 Å². The molecule has 1 aromatic rings. The molecule has 1 N–H and O–H groups in total. The predicted octanol–water partition coefficient (Wildman–Crippen LogP) is 2.34. The molecule has 2 aliphatic rings. The molecule has 4 nitrogen and oxygen atoms in total. The minimum Gasteiger partial charge on any atom is -0.334 e. The fraction of sp³-hybridized carbons (Fsp3) is 0.562. The van der Waals surface area contributed by atoms with Gasteiger partial charge in [0, 0.05) is 37.8 Å². The fourth-order valence-electron chi connectivity index (χ4n) is 3.36. The van der Waals surface area contributed by atoms with Gasteiger partial charge in [-0.05, 0) is 31.9 Å². The molecule has 6 heteroatoms. The zero-order valence-corrected chi connectivity index (χ0v) is 12.5. The van der Waals surface area contributed by atoms with Crippen LogP contribution in [0.15, 0.2) is 18.2 Å². The highest BCUT2D eigenvalue weighted by Gasteiger charge is 2.30. The molecule has 1 aromatic carbocycles. The maximum absolute atomic E-state index is 13.6. The third-order valence-electron chi connectivity index (χ3n) is 4.55. The number of nitrogens with one attached hydrogen (secondary N) is 1. The molecule has 2 saturated heterocycles. The van der Waals surface area contributed by atoms with E-state index in [9.17, 15) is 13.6 Å². The zero-order chi connectivity index (χ0) is 15.5. The Kier molecular flexibility index (Phi) is 4.57. The number of hydrogen-bond acceptors (Lipinski definition) is 2. The van der Waals surface area contributed by atoms with Crippen LogP contribution in [0.2, 0.25) is 0 Å². The summed E-state index contributed by atoms with van der Waals surface area (Å²) in [4.78, 5) is 16.5. The summed E-state index contributed by atoms with van der Waals surface area (Å²) in [6.07, 6.45) is 3.27. The third kappa shape index (κ3) is 3.21. The quantitative estimate of drug-likeness (QED) is 0.910. The molecule has 0 bridgehead atoms. The highest BCUT2D eigenvalue weighted by Crippen LogP contribution is 2.21. The van der Waals surface area contributed by atoms with Gasteiger partial charge in [-0.1, -0.05) is 12.1 Å². The topological polar surface area (TPSA) is 35.6 Å². The molecular weight excluding hydrogens is 288 g/mol. The molecule has 0 aliphatic carbocycles. The Morgan fingerprint density at radius 2 is 2.05 bits per heavy atom. The molecule has 2 aliphatic heterocycles. The second-order valence-corrected chi connectivity index (χ2v) is 6.00. The summed E-state index contributed by atoms with van der Waals surface area (Å²) >= 11 is 0. The lowest BCUT2D eigenvalue weighted by Crippen LogP contribution is -2.44. The van der Waals surface area contributed by atoms with Crippen LogP contribution in [0.1, 0.15) is 24.8 Å². The van der Waals surface area contributed by atoms with Crippen LogP contribution in [0.25, 0.3) is 0 Å². The first kappa shape index (κ1) is 15.2. The molecule has 1 atom stereocenters. The van der Waals surface area contributed by atoms with Crippen molar-refractivity contribution >= 4 is 6.03 Å². The van der Waals surface area contributed by atoms with Gasteiger partial charge >= 0.3 is 6.03 Å². The first-order valence-corrected chi connectivity index (χ1v) is 7.85. The molecule has 1 unspecified atom stereocenters. The lowest BCUT2D eigenvalue weighted by molar-refractivity contribution is 0.188. The molecular formula is C16H21F2N3O. The van der Waals surface area contributed by atoms with E-state index >= 15 is 0 Å². The van der Waals surface area contributed by atoms with Crippen molar-refractivity contribution in [2.75, 3.05) is 26.2 Å². The highest BCUT2D eigenvalue weighted by atomic mass is 19.2. The van der Waals surface area contributed by atoms with Crippen LogP contribution in [0.3, 0.4) is 0 Å². The number of carbonyl (C=O) groups is 1. The molecule has 120 valence electrons. The number of hydrogen-bond donors (Lipinski definition) is 1. The van der Waals surface area contributed by atoms with Crippen molar-refractivity contribution in [2.24, 2.45) is 0 Å². The van der Waals surface area contributed by atoms with E-state index in [1.807, 2.05) is 0 Å². The average Bonchev–Trinajstić information content (AvgIpc) is 2.85. The summed E-state index contributed by atoms with van der Waals surface area (Å²) in [5, 5.41) is 2.71. The number of rotatable bonds is 2. The van der Waals surface area contributed by atoms with Gasteiger partial charge in [0.1, 0.15) is 0 Å². The Morgan fingerprint density at radius 3 is 2.91 bits per heavy atom. The lowest BCUT2D eigenvalue weighted by Gasteiger charge is -2.25. The third-order valence-corrected chi connectivity index (χ3v) is 4.55. The number of amides is 2. The standard InChI is InChI=1S/C16H21F2N3O/c17-14-6-1-4-12(15(14)18)10-19-16(22)21-9-3-8-20-7-2-5-13(20)11-21/h1,4,6,13H,2-3,5,7-11H2,(H,19,22). The van der Waals surface area contributed by atoms with Gasteiger partial charge in [0.25, 0.3) is 0 Å². The monoisotopic (exact) mass is 309 g/mol.